The Morgan fingerprint density at radius 2 is 1.17 bits per heavy atom. The number of likely N-dealkylation sites (tertiary alicyclic amines) is 1. The van der Waals surface area contributed by atoms with E-state index in [0.717, 1.165) is 36.8 Å². The minimum absolute atomic E-state index is 0.0727. The Hall–Kier alpha value is -2.95. The molecule has 1 amide bonds. The number of amides is 1. The molecule has 184 valence electrons. The maximum absolute atomic E-state index is 13.8. The highest BCUT2D eigenvalue weighted by Crippen LogP contribution is 2.27. The highest BCUT2D eigenvalue weighted by Gasteiger charge is 2.36. The van der Waals surface area contributed by atoms with Gasteiger partial charge in [-0.15, -0.1) is 0 Å². The second kappa shape index (κ2) is 13.2. The van der Waals surface area contributed by atoms with E-state index in [0.29, 0.717) is 26.4 Å². The first-order valence-corrected chi connectivity index (χ1v) is 12.8. The van der Waals surface area contributed by atoms with E-state index in [-0.39, 0.29) is 23.9 Å². The average molecular weight is 472 g/mol. The van der Waals surface area contributed by atoms with Crippen molar-refractivity contribution in [3.8, 4) is 0 Å². The van der Waals surface area contributed by atoms with Crippen LogP contribution in [-0.2, 0) is 33.9 Å². The van der Waals surface area contributed by atoms with Crippen LogP contribution in [0.4, 0.5) is 0 Å². The van der Waals surface area contributed by atoms with Gasteiger partial charge < -0.3 is 14.4 Å². The monoisotopic (exact) mass is 471 g/mol. The van der Waals surface area contributed by atoms with Crippen LogP contribution in [-0.4, -0.2) is 36.1 Å². The molecule has 1 aliphatic heterocycles. The largest absolute Gasteiger partial charge is 0.375 e. The van der Waals surface area contributed by atoms with Gasteiger partial charge >= 0.3 is 0 Å². The minimum Gasteiger partial charge on any atom is -0.375 e. The van der Waals surface area contributed by atoms with Crippen LogP contribution in [0.15, 0.2) is 91.0 Å². The molecule has 0 spiro atoms. The molecule has 4 rings (SSSR count). The van der Waals surface area contributed by atoms with Gasteiger partial charge in [0.1, 0.15) is 0 Å². The van der Waals surface area contributed by atoms with Crippen molar-refractivity contribution in [2.45, 2.75) is 57.9 Å². The molecule has 0 N–H and O–H groups in total. The van der Waals surface area contributed by atoms with Gasteiger partial charge in [-0.3, -0.25) is 4.79 Å². The maximum Gasteiger partial charge on any atom is 0.226 e. The highest BCUT2D eigenvalue weighted by molar-refractivity contribution is 5.79. The van der Waals surface area contributed by atoms with Crippen molar-refractivity contribution in [1.29, 1.82) is 0 Å². The first-order chi connectivity index (χ1) is 17.2. The third kappa shape index (κ3) is 7.51. The van der Waals surface area contributed by atoms with Gasteiger partial charge in [-0.05, 0) is 42.4 Å². The molecule has 0 aliphatic carbocycles. The zero-order valence-electron chi connectivity index (χ0n) is 20.7. The second-order valence-electron chi connectivity index (χ2n) is 9.58. The van der Waals surface area contributed by atoms with E-state index >= 15 is 0 Å². The van der Waals surface area contributed by atoms with Crippen molar-refractivity contribution in [2.24, 2.45) is 5.92 Å². The Morgan fingerprint density at radius 3 is 1.63 bits per heavy atom. The molecule has 3 aromatic carbocycles. The van der Waals surface area contributed by atoms with Crippen LogP contribution < -0.4 is 0 Å². The van der Waals surface area contributed by atoms with Crippen LogP contribution in [0.25, 0.3) is 0 Å². The third-order valence-corrected chi connectivity index (χ3v) is 6.77. The Morgan fingerprint density at radius 1 is 0.743 bits per heavy atom. The summed E-state index contributed by atoms with van der Waals surface area (Å²) in [7, 11) is 0. The van der Waals surface area contributed by atoms with Gasteiger partial charge in [0.05, 0.1) is 38.5 Å². The maximum atomic E-state index is 13.8. The van der Waals surface area contributed by atoms with E-state index in [9.17, 15) is 4.79 Å². The smallest absolute Gasteiger partial charge is 0.226 e. The van der Waals surface area contributed by atoms with Gasteiger partial charge in [-0.2, -0.15) is 0 Å². The van der Waals surface area contributed by atoms with Crippen molar-refractivity contribution in [2.75, 3.05) is 13.2 Å². The van der Waals surface area contributed by atoms with Crippen LogP contribution in [0.1, 0.15) is 42.9 Å². The number of nitrogens with zero attached hydrogens (tertiary/aromatic N) is 1. The summed E-state index contributed by atoms with van der Waals surface area (Å²) in [6, 6.07) is 30.9. The van der Waals surface area contributed by atoms with E-state index in [1.54, 1.807) is 0 Å². The van der Waals surface area contributed by atoms with E-state index in [1.165, 1.54) is 5.56 Å². The number of ether oxygens (including phenoxy) is 2. The number of hydrogen-bond acceptors (Lipinski definition) is 3. The van der Waals surface area contributed by atoms with Crippen molar-refractivity contribution in [3.05, 3.63) is 108 Å². The minimum atomic E-state index is -0.0938. The normalized spacial score (nSPS) is 18.8. The molecule has 3 aromatic rings. The molecule has 0 unspecified atom stereocenters. The second-order valence-corrected chi connectivity index (χ2v) is 9.58. The summed E-state index contributed by atoms with van der Waals surface area (Å²) in [5.74, 6) is 0.110. The molecule has 1 aliphatic rings. The summed E-state index contributed by atoms with van der Waals surface area (Å²) in [4.78, 5) is 15.9. The summed E-state index contributed by atoms with van der Waals surface area (Å²) in [6.45, 7) is 4.28. The summed E-state index contributed by atoms with van der Waals surface area (Å²) in [5, 5.41) is 0. The lowest BCUT2D eigenvalue weighted by Crippen LogP contribution is -2.55. The highest BCUT2D eigenvalue weighted by atomic mass is 16.5. The molecule has 4 heteroatoms. The van der Waals surface area contributed by atoms with Crippen LogP contribution >= 0.6 is 0 Å². The number of carbonyl (C=O) groups is 1. The van der Waals surface area contributed by atoms with E-state index in [1.807, 2.05) is 61.5 Å². The molecule has 0 radical (unpaired) electrons. The Labute approximate surface area is 209 Å². The van der Waals surface area contributed by atoms with Gasteiger partial charge in [0.2, 0.25) is 5.91 Å². The van der Waals surface area contributed by atoms with E-state index in [2.05, 4.69) is 41.3 Å². The number of carbonyl (C=O) groups excluding carboxylic acids is 1. The summed E-state index contributed by atoms with van der Waals surface area (Å²) in [5.41, 5.74) is 3.50. The van der Waals surface area contributed by atoms with Gasteiger partial charge in [0, 0.05) is 5.92 Å². The van der Waals surface area contributed by atoms with Crippen molar-refractivity contribution in [1.82, 2.24) is 4.90 Å². The fraction of sp³-hybridized carbons (Fsp3) is 0.387. The van der Waals surface area contributed by atoms with Crippen molar-refractivity contribution >= 4 is 5.91 Å². The summed E-state index contributed by atoms with van der Waals surface area (Å²) < 4.78 is 12.3. The third-order valence-electron chi connectivity index (χ3n) is 6.77. The fourth-order valence-electron chi connectivity index (χ4n) is 4.94. The lowest BCUT2D eigenvalue weighted by Gasteiger charge is -2.43. The lowest BCUT2D eigenvalue weighted by molar-refractivity contribution is -0.147. The zero-order chi connectivity index (χ0) is 24.3. The number of benzene rings is 3. The number of piperidine rings is 1. The standard InChI is InChI=1S/C31H37NO3/c1-25(20-26-12-5-2-6-13-26)31(33)32-29(23-34-21-27-14-7-3-8-15-27)18-11-19-30(32)24-35-22-28-16-9-4-10-17-28/h2-10,12-17,25,29-30H,11,18-24H2,1H3/t25-,29-,30-/m1/s1. The molecule has 4 nitrogen and oxygen atoms in total. The quantitative estimate of drug-likeness (QED) is 0.342. The number of rotatable bonds is 11. The molecule has 35 heavy (non-hydrogen) atoms. The van der Waals surface area contributed by atoms with Gasteiger partial charge in [0.15, 0.2) is 0 Å². The predicted molar refractivity (Wildman–Crippen MR) is 140 cm³/mol. The van der Waals surface area contributed by atoms with Gasteiger partial charge in [-0.25, -0.2) is 0 Å². The van der Waals surface area contributed by atoms with E-state index < -0.39 is 0 Å². The zero-order valence-corrected chi connectivity index (χ0v) is 20.7. The summed E-state index contributed by atoms with van der Waals surface area (Å²) >= 11 is 0. The Balaban J connectivity index is 1.42. The predicted octanol–water partition coefficient (Wildman–Crippen LogP) is 6.05. The Bertz CT molecular complexity index is 956. The molecule has 3 atom stereocenters. The first kappa shape index (κ1) is 25.2. The van der Waals surface area contributed by atoms with E-state index in [4.69, 9.17) is 9.47 Å². The molecular formula is C31H37NO3. The molecule has 1 heterocycles. The van der Waals surface area contributed by atoms with Crippen molar-refractivity contribution in [3.63, 3.8) is 0 Å². The molecule has 0 bridgehead atoms. The molecule has 1 saturated heterocycles. The van der Waals surface area contributed by atoms with Crippen LogP contribution in [0.3, 0.4) is 0 Å². The van der Waals surface area contributed by atoms with Crippen LogP contribution in [0, 0.1) is 5.92 Å². The van der Waals surface area contributed by atoms with Gasteiger partial charge in [-0.1, -0.05) is 97.9 Å². The molecule has 0 aromatic heterocycles. The first-order valence-electron chi connectivity index (χ1n) is 12.8. The Kier molecular flexibility index (Phi) is 9.50. The average Bonchev–Trinajstić information content (AvgIpc) is 2.90. The lowest BCUT2D eigenvalue weighted by atomic mass is 9.92. The molecular weight excluding hydrogens is 434 g/mol. The SMILES string of the molecule is C[C@H](Cc1ccccc1)C(=O)N1[C@@H](COCc2ccccc2)CCC[C@@H]1COCc1ccccc1. The van der Waals surface area contributed by atoms with Crippen molar-refractivity contribution < 1.29 is 14.3 Å². The van der Waals surface area contributed by atoms with Crippen LogP contribution in [0.2, 0.25) is 0 Å². The van der Waals surface area contributed by atoms with Gasteiger partial charge in [0.25, 0.3) is 0 Å². The molecule has 0 saturated carbocycles. The number of hydrogen-bond donors (Lipinski definition) is 0. The van der Waals surface area contributed by atoms with Crippen LogP contribution in [0.5, 0.6) is 0 Å². The summed E-state index contributed by atoms with van der Waals surface area (Å²) in [6.07, 6.45) is 3.75. The fourth-order valence-corrected chi connectivity index (χ4v) is 4.94. The molecule has 1 fully saturated rings. The topological polar surface area (TPSA) is 38.8 Å².